The molecule has 4 rings (SSSR count). The summed E-state index contributed by atoms with van der Waals surface area (Å²) in [6, 6.07) is 12.9. The number of ether oxygens (including phenoxy) is 1. The van der Waals surface area contributed by atoms with Crippen LogP contribution in [0.25, 0.3) is 11.0 Å². The van der Waals surface area contributed by atoms with Gasteiger partial charge in [0.1, 0.15) is 0 Å². The molecule has 1 aliphatic heterocycles. The number of Topliss-reactive ketones (excluding diaryl/α,β-unsaturated/α-hetero) is 1. The molecule has 1 amide bonds. The third-order valence-corrected chi connectivity index (χ3v) is 6.18. The lowest BCUT2D eigenvalue weighted by Gasteiger charge is -2.31. The molecule has 1 N–H and O–H groups in total. The Balaban J connectivity index is 1.14. The average molecular weight is 497 g/mol. The number of likely N-dealkylation sites (tertiary alicyclic amines) is 1. The molecule has 1 aliphatic rings. The maximum Gasteiger partial charge on any atom is 0.411 e. The van der Waals surface area contributed by atoms with Crippen LogP contribution < -0.4 is 5.32 Å². The van der Waals surface area contributed by atoms with Crippen molar-refractivity contribution in [1.29, 1.82) is 0 Å². The van der Waals surface area contributed by atoms with E-state index in [1.807, 2.05) is 30.3 Å². The number of ketones is 1. The van der Waals surface area contributed by atoms with Crippen molar-refractivity contribution in [2.24, 2.45) is 5.92 Å². The van der Waals surface area contributed by atoms with E-state index in [4.69, 9.17) is 4.74 Å². The van der Waals surface area contributed by atoms with Crippen LogP contribution in [-0.4, -0.2) is 53.0 Å². The van der Waals surface area contributed by atoms with Crippen molar-refractivity contribution in [3.8, 4) is 0 Å². The van der Waals surface area contributed by atoms with E-state index in [9.17, 15) is 9.59 Å². The summed E-state index contributed by atoms with van der Waals surface area (Å²) in [6.07, 6.45) is 5.24. The van der Waals surface area contributed by atoms with Gasteiger partial charge in [-0.25, -0.2) is 4.79 Å². The lowest BCUT2D eigenvalue weighted by Crippen LogP contribution is -2.37. The van der Waals surface area contributed by atoms with Gasteiger partial charge in [0.25, 0.3) is 0 Å². The largest absolute Gasteiger partial charge is 0.449 e. The molecule has 8 heteroatoms. The van der Waals surface area contributed by atoms with Crippen LogP contribution >= 0.6 is 15.9 Å². The van der Waals surface area contributed by atoms with E-state index in [-0.39, 0.29) is 11.7 Å². The highest BCUT2D eigenvalue weighted by Gasteiger charge is 2.25. The van der Waals surface area contributed by atoms with Crippen LogP contribution in [-0.2, 0) is 4.74 Å². The minimum atomic E-state index is -0.480. The summed E-state index contributed by atoms with van der Waals surface area (Å²) in [4.78, 5) is 35.5. The summed E-state index contributed by atoms with van der Waals surface area (Å²) >= 11 is 3.40. The molecular formula is C24H25BrN4O3. The van der Waals surface area contributed by atoms with Crippen LogP contribution in [0.1, 0.15) is 29.6 Å². The van der Waals surface area contributed by atoms with Gasteiger partial charge >= 0.3 is 6.09 Å². The first-order valence-corrected chi connectivity index (χ1v) is 11.5. The summed E-state index contributed by atoms with van der Waals surface area (Å²) in [5, 5.41) is 2.73. The summed E-state index contributed by atoms with van der Waals surface area (Å²) in [5.41, 5.74) is 2.89. The van der Waals surface area contributed by atoms with Crippen LogP contribution in [0.15, 0.2) is 59.3 Å². The predicted octanol–water partition coefficient (Wildman–Crippen LogP) is 4.93. The highest BCUT2D eigenvalue weighted by Crippen LogP contribution is 2.23. The molecule has 7 nitrogen and oxygen atoms in total. The van der Waals surface area contributed by atoms with Crippen LogP contribution in [0.3, 0.4) is 0 Å². The summed E-state index contributed by atoms with van der Waals surface area (Å²) in [5.74, 6) is 0.318. The third-order valence-electron chi connectivity index (χ3n) is 5.65. The molecule has 1 fully saturated rings. The number of aromatic nitrogens is 2. The van der Waals surface area contributed by atoms with E-state index >= 15 is 0 Å². The zero-order chi connectivity index (χ0) is 22.3. The van der Waals surface area contributed by atoms with Crippen molar-refractivity contribution in [2.75, 3.05) is 31.6 Å². The quantitative estimate of drug-likeness (QED) is 0.368. The molecule has 0 atom stereocenters. The molecular weight excluding hydrogens is 472 g/mol. The van der Waals surface area contributed by atoms with Gasteiger partial charge < -0.3 is 9.64 Å². The molecule has 2 aromatic carbocycles. The fraction of sp³-hybridized carbons (Fsp3) is 0.333. The molecule has 166 valence electrons. The Hall–Kier alpha value is -2.84. The van der Waals surface area contributed by atoms with Gasteiger partial charge in [0.2, 0.25) is 0 Å². The molecule has 0 radical (unpaired) electrons. The first-order chi connectivity index (χ1) is 15.6. The van der Waals surface area contributed by atoms with Gasteiger partial charge in [0.05, 0.1) is 17.6 Å². The summed E-state index contributed by atoms with van der Waals surface area (Å²) in [6.45, 7) is 2.96. The number of amides is 1. The number of halogens is 1. The fourth-order valence-corrected chi connectivity index (χ4v) is 4.18. The van der Waals surface area contributed by atoms with Gasteiger partial charge in [0, 0.05) is 40.6 Å². The smallest absolute Gasteiger partial charge is 0.411 e. The van der Waals surface area contributed by atoms with E-state index < -0.39 is 6.09 Å². The molecule has 0 saturated carbocycles. The molecule has 1 saturated heterocycles. The van der Waals surface area contributed by atoms with Gasteiger partial charge in [-0.1, -0.05) is 28.1 Å². The van der Waals surface area contributed by atoms with Crippen molar-refractivity contribution in [3.05, 3.63) is 64.9 Å². The number of carbonyl (C=O) groups excluding carboxylic acids is 2. The van der Waals surface area contributed by atoms with E-state index in [2.05, 4.69) is 36.1 Å². The standard InChI is InChI=1S/C24H25BrN4O3/c25-19-4-2-17(3-5-19)23(30)18-8-13-29(14-9-18)12-1-15-32-24(31)28-20-6-7-21-22(16-20)27-11-10-26-21/h2-7,10-11,16,18H,1,8-9,12-15H2,(H,28,31). The Labute approximate surface area is 195 Å². The van der Waals surface area contributed by atoms with Gasteiger partial charge in [-0.2, -0.15) is 0 Å². The molecule has 32 heavy (non-hydrogen) atoms. The zero-order valence-corrected chi connectivity index (χ0v) is 19.3. The number of piperidine rings is 1. The third kappa shape index (κ3) is 5.89. The molecule has 3 aromatic rings. The second-order valence-corrected chi connectivity index (χ2v) is 8.78. The Kier molecular flexibility index (Phi) is 7.44. The fourth-order valence-electron chi connectivity index (χ4n) is 3.92. The topological polar surface area (TPSA) is 84.4 Å². The van der Waals surface area contributed by atoms with Crippen molar-refractivity contribution < 1.29 is 14.3 Å². The van der Waals surface area contributed by atoms with Crippen molar-refractivity contribution >= 4 is 44.5 Å². The molecule has 1 aromatic heterocycles. The Morgan fingerprint density at radius 2 is 1.75 bits per heavy atom. The molecule has 2 heterocycles. The van der Waals surface area contributed by atoms with E-state index in [0.29, 0.717) is 17.8 Å². The maximum absolute atomic E-state index is 12.7. The van der Waals surface area contributed by atoms with Crippen molar-refractivity contribution in [2.45, 2.75) is 19.3 Å². The number of hydrogen-bond acceptors (Lipinski definition) is 6. The second-order valence-electron chi connectivity index (χ2n) is 7.86. The summed E-state index contributed by atoms with van der Waals surface area (Å²) < 4.78 is 6.28. The number of rotatable bonds is 7. The lowest BCUT2D eigenvalue weighted by molar-refractivity contribution is 0.0830. The molecule has 0 aliphatic carbocycles. The second kappa shape index (κ2) is 10.7. The maximum atomic E-state index is 12.7. The predicted molar refractivity (Wildman–Crippen MR) is 127 cm³/mol. The Morgan fingerprint density at radius 1 is 1.03 bits per heavy atom. The number of benzene rings is 2. The first-order valence-electron chi connectivity index (χ1n) is 10.8. The zero-order valence-electron chi connectivity index (χ0n) is 17.7. The number of nitrogens with zero attached hydrogens (tertiary/aromatic N) is 3. The van der Waals surface area contributed by atoms with E-state index in [0.717, 1.165) is 54.4 Å². The first kappa shape index (κ1) is 22.4. The van der Waals surface area contributed by atoms with E-state index in [1.54, 1.807) is 24.5 Å². The number of fused-ring (bicyclic) bond motifs is 1. The number of carbonyl (C=O) groups is 2. The summed E-state index contributed by atoms with van der Waals surface area (Å²) in [7, 11) is 0. The van der Waals surface area contributed by atoms with Crippen LogP contribution in [0.4, 0.5) is 10.5 Å². The highest BCUT2D eigenvalue weighted by atomic mass is 79.9. The number of hydrogen-bond donors (Lipinski definition) is 1. The monoisotopic (exact) mass is 496 g/mol. The minimum absolute atomic E-state index is 0.0843. The normalized spacial score (nSPS) is 14.9. The van der Waals surface area contributed by atoms with Crippen LogP contribution in [0.5, 0.6) is 0 Å². The molecule has 0 bridgehead atoms. The molecule has 0 unspecified atom stereocenters. The highest BCUT2D eigenvalue weighted by molar-refractivity contribution is 9.10. The van der Waals surface area contributed by atoms with Crippen LogP contribution in [0, 0.1) is 5.92 Å². The van der Waals surface area contributed by atoms with Gasteiger partial charge in [-0.05, 0) is 62.7 Å². The Morgan fingerprint density at radius 3 is 2.50 bits per heavy atom. The number of nitrogens with one attached hydrogen (secondary N) is 1. The van der Waals surface area contributed by atoms with Gasteiger partial charge in [-0.3, -0.25) is 20.1 Å². The molecule has 0 spiro atoms. The number of anilines is 1. The van der Waals surface area contributed by atoms with Crippen LogP contribution in [0.2, 0.25) is 0 Å². The van der Waals surface area contributed by atoms with Crippen molar-refractivity contribution in [3.63, 3.8) is 0 Å². The van der Waals surface area contributed by atoms with Gasteiger partial charge in [0.15, 0.2) is 5.78 Å². The van der Waals surface area contributed by atoms with E-state index in [1.165, 1.54) is 0 Å². The van der Waals surface area contributed by atoms with Crippen molar-refractivity contribution in [1.82, 2.24) is 14.9 Å². The average Bonchev–Trinajstić information content (AvgIpc) is 2.82. The Bertz CT molecular complexity index is 1080. The SMILES string of the molecule is O=C(Nc1ccc2nccnc2c1)OCCCN1CCC(C(=O)c2ccc(Br)cc2)CC1. The van der Waals surface area contributed by atoms with Gasteiger partial charge in [-0.15, -0.1) is 0 Å². The lowest BCUT2D eigenvalue weighted by atomic mass is 9.89. The minimum Gasteiger partial charge on any atom is -0.449 e.